The van der Waals surface area contributed by atoms with Crippen molar-refractivity contribution in [1.82, 2.24) is 0 Å². The van der Waals surface area contributed by atoms with Crippen LogP contribution in [0.15, 0.2) is 72.9 Å². The van der Waals surface area contributed by atoms with E-state index in [9.17, 15) is 14.3 Å². The molecule has 1 unspecified atom stereocenters. The summed E-state index contributed by atoms with van der Waals surface area (Å²) in [6.07, 6.45) is 49.3. The predicted molar refractivity (Wildman–Crippen MR) is 231 cm³/mol. The highest BCUT2D eigenvalue weighted by Crippen LogP contribution is 2.38. The second-order valence-corrected chi connectivity index (χ2v) is 16.7. The number of nitrogens with zero attached hydrogens (tertiary/aromatic N) is 1. The van der Waals surface area contributed by atoms with Crippen molar-refractivity contribution in [3.8, 4) is 0 Å². The third-order valence-corrected chi connectivity index (χ3v) is 9.75. The van der Waals surface area contributed by atoms with Crippen molar-refractivity contribution >= 4 is 13.8 Å². The molecule has 0 rings (SSSR count). The molecule has 0 saturated carbocycles. The summed E-state index contributed by atoms with van der Waals surface area (Å²) in [4.78, 5) is 25.0. The van der Waals surface area contributed by atoms with Crippen LogP contribution in [0.3, 0.4) is 0 Å². The molecule has 0 heterocycles. The lowest BCUT2D eigenvalue weighted by Gasteiger charge is -2.28. The van der Waals surface area contributed by atoms with E-state index in [0.29, 0.717) is 24.1 Å². The Morgan fingerprint density at radius 1 is 0.582 bits per heavy atom. The van der Waals surface area contributed by atoms with E-state index < -0.39 is 19.9 Å². The molecule has 318 valence electrons. The molecule has 0 aliphatic heterocycles. The summed E-state index contributed by atoms with van der Waals surface area (Å²) in [5.41, 5.74) is 0. The molecule has 0 saturated heterocycles. The SMILES string of the molecule is CC/C=C\C/C=C\C/C=C\C/C=C\C/C=C\C/C=C\CCC(=O)O[C@H](COCCCCCCCCCCCCCCCC)COP(=O)([O-])OCC[N+](C)(C)C. The van der Waals surface area contributed by atoms with Gasteiger partial charge in [-0.3, -0.25) is 9.36 Å². The standard InChI is InChI=1S/C46H82NO7P/c1-6-8-10-12-14-16-18-20-22-23-24-25-26-27-29-31-33-35-37-39-46(48)54-45(44-53-55(49,50)52-42-40-47(3,4)5)43-51-41-38-36-34-32-30-28-21-19-17-15-13-11-9-7-2/h8,10,14,16,20,22,24-25,27,29,33,35,45H,6-7,9,11-13,15,17-19,21,23,26,28,30-32,34,36-44H2,1-5H3/b10-8-,16-14-,22-20-,25-24-,29-27-,35-33-/t45-/m1/s1. The van der Waals surface area contributed by atoms with Gasteiger partial charge in [-0.05, 0) is 51.4 Å². The van der Waals surface area contributed by atoms with Gasteiger partial charge in [-0.1, -0.05) is 170 Å². The zero-order chi connectivity index (χ0) is 40.6. The molecule has 2 atom stereocenters. The maximum atomic E-state index is 12.6. The Morgan fingerprint density at radius 2 is 1.02 bits per heavy atom. The van der Waals surface area contributed by atoms with Crippen molar-refractivity contribution in [1.29, 1.82) is 0 Å². The third-order valence-electron chi connectivity index (χ3n) is 8.79. The molecule has 8 nitrogen and oxygen atoms in total. The van der Waals surface area contributed by atoms with Crippen LogP contribution >= 0.6 is 7.82 Å². The number of likely N-dealkylation sites (N-methyl/N-ethyl adjacent to an activating group) is 1. The minimum absolute atomic E-state index is 0.0102. The summed E-state index contributed by atoms with van der Waals surface area (Å²) in [5, 5.41) is 0. The van der Waals surface area contributed by atoms with Crippen molar-refractivity contribution < 1.29 is 37.3 Å². The van der Waals surface area contributed by atoms with Crippen LogP contribution in [-0.4, -0.2) is 70.7 Å². The number of hydrogen-bond donors (Lipinski definition) is 0. The van der Waals surface area contributed by atoms with E-state index in [-0.39, 0.29) is 26.2 Å². The van der Waals surface area contributed by atoms with Gasteiger partial charge in [0.05, 0.1) is 34.4 Å². The number of ether oxygens (including phenoxy) is 2. The highest BCUT2D eigenvalue weighted by molar-refractivity contribution is 7.45. The van der Waals surface area contributed by atoms with Gasteiger partial charge in [-0.2, -0.15) is 0 Å². The number of quaternary nitrogens is 1. The first-order valence-corrected chi connectivity index (χ1v) is 23.1. The van der Waals surface area contributed by atoms with Crippen LogP contribution in [-0.2, 0) is 27.9 Å². The lowest BCUT2D eigenvalue weighted by molar-refractivity contribution is -0.870. The molecule has 0 radical (unpaired) electrons. The van der Waals surface area contributed by atoms with Crippen LogP contribution in [0.5, 0.6) is 0 Å². The lowest BCUT2D eigenvalue weighted by Crippen LogP contribution is -2.37. The topological polar surface area (TPSA) is 94.1 Å². The Morgan fingerprint density at radius 3 is 1.47 bits per heavy atom. The molecule has 0 aromatic carbocycles. The zero-order valence-corrected chi connectivity index (χ0v) is 36.7. The van der Waals surface area contributed by atoms with Crippen LogP contribution in [0.4, 0.5) is 0 Å². The third kappa shape index (κ3) is 42.9. The van der Waals surface area contributed by atoms with E-state index in [1.165, 1.54) is 77.0 Å². The number of phosphoric ester groups is 1. The number of phosphoric acid groups is 1. The molecular weight excluding hydrogens is 709 g/mol. The number of hydrogen-bond acceptors (Lipinski definition) is 7. The summed E-state index contributed by atoms with van der Waals surface area (Å²) < 4.78 is 34.5. The van der Waals surface area contributed by atoms with Crippen LogP contribution in [0.25, 0.3) is 0 Å². The number of carbonyl (C=O) groups excluding carboxylic acids is 1. The van der Waals surface area contributed by atoms with E-state index in [2.05, 4.69) is 74.6 Å². The van der Waals surface area contributed by atoms with Gasteiger partial charge in [0, 0.05) is 13.0 Å². The van der Waals surface area contributed by atoms with Crippen molar-refractivity contribution in [2.45, 2.75) is 161 Å². The Hall–Kier alpha value is -2.06. The van der Waals surface area contributed by atoms with Gasteiger partial charge < -0.3 is 27.9 Å². The van der Waals surface area contributed by atoms with Gasteiger partial charge in [-0.15, -0.1) is 0 Å². The predicted octanol–water partition coefficient (Wildman–Crippen LogP) is 12.1. The molecule has 55 heavy (non-hydrogen) atoms. The van der Waals surface area contributed by atoms with Crippen molar-refractivity contribution in [3.63, 3.8) is 0 Å². The average molecular weight is 792 g/mol. The normalized spacial score (nSPS) is 14.5. The number of carbonyl (C=O) groups is 1. The van der Waals surface area contributed by atoms with E-state index in [1.807, 2.05) is 33.3 Å². The second kappa shape index (κ2) is 38.8. The van der Waals surface area contributed by atoms with Gasteiger partial charge in [0.1, 0.15) is 19.3 Å². The molecule has 0 N–H and O–H groups in total. The molecule has 0 aliphatic carbocycles. The van der Waals surface area contributed by atoms with Crippen molar-refractivity contribution in [2.24, 2.45) is 0 Å². The average Bonchev–Trinajstić information content (AvgIpc) is 3.13. The molecule has 0 aliphatic rings. The number of allylic oxidation sites excluding steroid dienone is 12. The van der Waals surface area contributed by atoms with E-state index in [4.69, 9.17) is 18.5 Å². The monoisotopic (exact) mass is 792 g/mol. The van der Waals surface area contributed by atoms with Gasteiger partial charge in [0.15, 0.2) is 0 Å². The first-order valence-electron chi connectivity index (χ1n) is 21.7. The molecule has 0 amide bonds. The minimum atomic E-state index is -4.55. The molecule has 9 heteroatoms. The smallest absolute Gasteiger partial charge is 0.306 e. The van der Waals surface area contributed by atoms with Gasteiger partial charge in [0.25, 0.3) is 7.82 Å². The van der Waals surface area contributed by atoms with E-state index in [1.54, 1.807) is 0 Å². The Bertz CT molecular complexity index is 1110. The fraction of sp³-hybridized carbons (Fsp3) is 0.717. The zero-order valence-electron chi connectivity index (χ0n) is 35.8. The highest BCUT2D eigenvalue weighted by Gasteiger charge is 2.20. The maximum Gasteiger partial charge on any atom is 0.306 e. The van der Waals surface area contributed by atoms with Crippen LogP contribution in [0, 0.1) is 0 Å². The minimum Gasteiger partial charge on any atom is -0.756 e. The quantitative estimate of drug-likeness (QED) is 0.0201. The highest BCUT2D eigenvalue weighted by atomic mass is 31.2. The van der Waals surface area contributed by atoms with Gasteiger partial charge >= 0.3 is 5.97 Å². The fourth-order valence-electron chi connectivity index (χ4n) is 5.45. The fourth-order valence-corrected chi connectivity index (χ4v) is 6.18. The molecule has 0 aromatic heterocycles. The van der Waals surface area contributed by atoms with E-state index >= 15 is 0 Å². The van der Waals surface area contributed by atoms with Crippen LogP contribution in [0.2, 0.25) is 0 Å². The first kappa shape index (κ1) is 52.9. The maximum absolute atomic E-state index is 12.6. The van der Waals surface area contributed by atoms with Crippen LogP contribution < -0.4 is 4.89 Å². The van der Waals surface area contributed by atoms with Gasteiger partial charge in [0.2, 0.25) is 0 Å². The summed E-state index contributed by atoms with van der Waals surface area (Å²) >= 11 is 0. The Kier molecular flexibility index (Phi) is 37.3. The summed E-state index contributed by atoms with van der Waals surface area (Å²) in [7, 11) is 1.30. The molecule has 0 bridgehead atoms. The van der Waals surface area contributed by atoms with Gasteiger partial charge in [-0.25, -0.2) is 0 Å². The molecule has 0 spiro atoms. The largest absolute Gasteiger partial charge is 0.756 e. The summed E-state index contributed by atoms with van der Waals surface area (Å²) in [6, 6.07) is 0. The number of rotatable bonds is 39. The first-order chi connectivity index (χ1) is 26.6. The van der Waals surface area contributed by atoms with Crippen molar-refractivity contribution in [3.05, 3.63) is 72.9 Å². The van der Waals surface area contributed by atoms with Crippen LogP contribution in [0.1, 0.15) is 155 Å². The lowest BCUT2D eigenvalue weighted by atomic mass is 10.0. The number of unbranched alkanes of at least 4 members (excludes halogenated alkanes) is 13. The summed E-state index contributed by atoms with van der Waals surface area (Å²) in [6.45, 7) is 5.19. The molecule has 0 fully saturated rings. The van der Waals surface area contributed by atoms with Crippen molar-refractivity contribution in [2.75, 3.05) is 54.1 Å². The second-order valence-electron chi connectivity index (χ2n) is 15.3. The van der Waals surface area contributed by atoms with E-state index in [0.717, 1.165) is 51.4 Å². The molecular formula is C46H82NO7P. The number of esters is 1. The summed E-state index contributed by atoms with van der Waals surface area (Å²) in [5.74, 6) is -0.417. The Labute approximate surface area is 338 Å². The molecule has 0 aromatic rings. The Balaban J connectivity index is 4.39.